The van der Waals surface area contributed by atoms with Crippen LogP contribution in [0.5, 0.6) is 0 Å². The third-order valence-electron chi connectivity index (χ3n) is 5.32. The summed E-state index contributed by atoms with van der Waals surface area (Å²) in [4.78, 5) is 52.8. The number of nitrogens with zero attached hydrogens (tertiary/aromatic N) is 2. The van der Waals surface area contributed by atoms with Crippen molar-refractivity contribution in [3.63, 3.8) is 0 Å². The fourth-order valence-electron chi connectivity index (χ4n) is 3.44. The third kappa shape index (κ3) is 6.81. The molecule has 1 saturated heterocycles. The number of nitrogens with one attached hydrogen (secondary N) is 2. The maximum atomic E-state index is 13.1. The van der Waals surface area contributed by atoms with Gasteiger partial charge in [-0.15, -0.1) is 0 Å². The van der Waals surface area contributed by atoms with Crippen LogP contribution in [0.1, 0.15) is 27.7 Å². The molecule has 0 aromatic heterocycles. The number of rotatable bonds is 2. The molecular formula is C23H32N4O7. The van der Waals surface area contributed by atoms with Gasteiger partial charge in [-0.2, -0.15) is 5.26 Å². The molecule has 11 nitrogen and oxygen atoms in total. The van der Waals surface area contributed by atoms with Crippen molar-refractivity contribution >= 4 is 23.8 Å². The Morgan fingerprint density at radius 2 is 1.26 bits per heavy atom. The van der Waals surface area contributed by atoms with E-state index in [9.17, 15) is 24.4 Å². The molecule has 2 rings (SSSR count). The number of amides is 2. The average Bonchev–Trinajstić information content (AvgIpc) is 2.77. The van der Waals surface area contributed by atoms with Gasteiger partial charge in [0.25, 0.3) is 11.8 Å². The smallest absolute Gasteiger partial charge is 0.328 e. The van der Waals surface area contributed by atoms with Gasteiger partial charge in [0.1, 0.15) is 31.2 Å². The van der Waals surface area contributed by atoms with Crippen molar-refractivity contribution in [2.45, 2.75) is 39.8 Å². The summed E-state index contributed by atoms with van der Waals surface area (Å²) in [7, 11) is 1.60. The van der Waals surface area contributed by atoms with Crippen molar-refractivity contribution < 1.29 is 33.4 Å². The maximum absolute atomic E-state index is 13.1. The zero-order valence-electron chi connectivity index (χ0n) is 20.1. The van der Waals surface area contributed by atoms with Gasteiger partial charge in [-0.1, -0.05) is 27.7 Å². The second kappa shape index (κ2) is 12.2. The quantitative estimate of drug-likeness (QED) is 0.535. The van der Waals surface area contributed by atoms with E-state index in [0.717, 1.165) is 0 Å². The van der Waals surface area contributed by atoms with Crippen LogP contribution in [0.4, 0.5) is 0 Å². The lowest BCUT2D eigenvalue weighted by Crippen LogP contribution is -2.49. The van der Waals surface area contributed by atoms with E-state index in [0.29, 0.717) is 0 Å². The average molecular weight is 477 g/mol. The summed E-state index contributed by atoms with van der Waals surface area (Å²) in [6.45, 7) is 7.05. The molecule has 0 unspecified atom stereocenters. The zero-order valence-corrected chi connectivity index (χ0v) is 20.1. The summed E-state index contributed by atoms with van der Waals surface area (Å²) in [6.07, 6.45) is 2.84. The number of hydrogen-bond acceptors (Lipinski definition) is 9. The SMILES string of the molecule is CC(C)[C@@H]1NC(=O)C2=CN(C)C=C(C(=O)N[C@@H](C(C)C)C(=O)OCCOCCOC1=O)C2C#N. The fraction of sp³-hybridized carbons (Fsp3) is 0.609. The number of nitriles is 1. The minimum Gasteiger partial charge on any atom is -0.462 e. The lowest BCUT2D eigenvalue weighted by molar-refractivity contribution is -0.152. The normalized spacial score (nSPS) is 24.1. The second-order valence-corrected chi connectivity index (χ2v) is 8.73. The fourth-order valence-corrected chi connectivity index (χ4v) is 3.44. The summed E-state index contributed by atoms with van der Waals surface area (Å²) in [5, 5.41) is 15.1. The molecule has 2 aliphatic rings. The highest BCUT2D eigenvalue weighted by Crippen LogP contribution is 2.27. The molecule has 0 spiro atoms. The first-order chi connectivity index (χ1) is 16.1. The van der Waals surface area contributed by atoms with Crippen molar-refractivity contribution in [1.29, 1.82) is 5.26 Å². The molecule has 2 N–H and O–H groups in total. The van der Waals surface area contributed by atoms with Crippen LogP contribution in [0.15, 0.2) is 23.5 Å². The zero-order chi connectivity index (χ0) is 25.4. The molecule has 1 fully saturated rings. The molecule has 2 atom stereocenters. The number of hydrogen-bond donors (Lipinski definition) is 2. The first kappa shape index (κ1) is 26.9. The maximum Gasteiger partial charge on any atom is 0.328 e. The first-order valence-electron chi connectivity index (χ1n) is 11.1. The van der Waals surface area contributed by atoms with Crippen LogP contribution in [-0.2, 0) is 33.4 Å². The number of carbonyl (C=O) groups excluding carboxylic acids is 4. The third-order valence-corrected chi connectivity index (χ3v) is 5.32. The van der Waals surface area contributed by atoms with E-state index in [1.807, 2.05) is 6.07 Å². The van der Waals surface area contributed by atoms with E-state index in [-0.39, 0.29) is 49.4 Å². The minimum absolute atomic E-state index is 0.00998. The van der Waals surface area contributed by atoms with E-state index < -0.39 is 41.8 Å². The highest BCUT2D eigenvalue weighted by molar-refractivity contribution is 6.03. The van der Waals surface area contributed by atoms with Crippen LogP contribution in [0.25, 0.3) is 0 Å². The van der Waals surface area contributed by atoms with Crippen LogP contribution in [0.2, 0.25) is 0 Å². The van der Waals surface area contributed by atoms with Crippen LogP contribution in [0.3, 0.4) is 0 Å². The molecule has 34 heavy (non-hydrogen) atoms. The Kier molecular flexibility index (Phi) is 9.62. The number of fused-ring (bicyclic) bond motifs is 2. The second-order valence-electron chi connectivity index (χ2n) is 8.73. The van der Waals surface area contributed by atoms with Gasteiger partial charge in [0.05, 0.1) is 30.4 Å². The molecule has 0 aromatic carbocycles. The Morgan fingerprint density at radius 3 is 1.62 bits per heavy atom. The number of carbonyl (C=O) groups is 4. The van der Waals surface area contributed by atoms with Gasteiger partial charge < -0.3 is 29.7 Å². The van der Waals surface area contributed by atoms with Gasteiger partial charge >= 0.3 is 11.9 Å². The van der Waals surface area contributed by atoms with Crippen LogP contribution in [0, 0.1) is 29.1 Å². The largest absolute Gasteiger partial charge is 0.462 e. The van der Waals surface area contributed by atoms with Gasteiger partial charge in [-0.25, -0.2) is 9.59 Å². The van der Waals surface area contributed by atoms with Crippen molar-refractivity contribution in [2.75, 3.05) is 33.5 Å². The molecule has 2 bridgehead atoms. The topological polar surface area (TPSA) is 147 Å². The molecule has 186 valence electrons. The summed E-state index contributed by atoms with van der Waals surface area (Å²) in [6, 6.07) is 0.0520. The van der Waals surface area contributed by atoms with Crippen molar-refractivity contribution in [2.24, 2.45) is 17.8 Å². The first-order valence-corrected chi connectivity index (χ1v) is 11.1. The Hall–Kier alpha value is -3.39. The lowest BCUT2D eigenvalue weighted by atomic mass is 9.88. The lowest BCUT2D eigenvalue weighted by Gasteiger charge is -2.28. The summed E-state index contributed by atoms with van der Waals surface area (Å²) >= 11 is 0. The Morgan fingerprint density at radius 1 is 0.853 bits per heavy atom. The van der Waals surface area contributed by atoms with Crippen molar-refractivity contribution in [3.8, 4) is 6.07 Å². The molecule has 2 aliphatic heterocycles. The van der Waals surface area contributed by atoms with Gasteiger partial charge in [-0.05, 0) is 11.8 Å². The Labute approximate surface area is 199 Å². The molecular weight excluding hydrogens is 444 g/mol. The molecule has 0 radical (unpaired) electrons. The monoisotopic (exact) mass is 476 g/mol. The minimum atomic E-state index is -1.21. The van der Waals surface area contributed by atoms with E-state index in [1.54, 1.807) is 34.7 Å². The highest BCUT2D eigenvalue weighted by Gasteiger charge is 2.36. The van der Waals surface area contributed by atoms with Crippen LogP contribution >= 0.6 is 0 Å². The summed E-state index contributed by atoms with van der Waals surface area (Å²) in [5.74, 6) is -4.45. The molecule has 0 saturated carbocycles. The number of ether oxygens (including phenoxy) is 3. The van der Waals surface area contributed by atoms with Gasteiger partial charge in [0.15, 0.2) is 0 Å². The number of cyclic esters (lactones) is 2. The Balaban J connectivity index is 2.40. The Bertz CT molecular complexity index is 839. The van der Waals surface area contributed by atoms with E-state index in [2.05, 4.69) is 10.6 Å². The molecule has 0 aromatic rings. The van der Waals surface area contributed by atoms with E-state index in [1.165, 1.54) is 17.3 Å². The molecule has 11 heteroatoms. The van der Waals surface area contributed by atoms with E-state index >= 15 is 0 Å². The van der Waals surface area contributed by atoms with Crippen LogP contribution < -0.4 is 10.6 Å². The standard InChI is InChI=1S/C23H32N4O7/c1-13(2)18-22(30)33-8-6-32-7-9-34-23(31)19(14(3)4)26-21(29)17-12-27(5)11-16(15(17)10-24)20(28)25-18/h11-15,18-19H,6-9H2,1-5H3,(H,25,28)(H,26,29)/t18-,19-/m0/s1. The predicted octanol–water partition coefficient (Wildman–Crippen LogP) is 0.238. The highest BCUT2D eigenvalue weighted by atomic mass is 16.6. The van der Waals surface area contributed by atoms with Crippen molar-refractivity contribution in [3.05, 3.63) is 23.5 Å². The molecule has 2 amide bonds. The number of esters is 2. The summed E-state index contributed by atoms with van der Waals surface area (Å²) in [5.41, 5.74) is -0.0200. The predicted molar refractivity (Wildman–Crippen MR) is 119 cm³/mol. The van der Waals surface area contributed by atoms with Gasteiger partial charge in [-0.3, -0.25) is 9.59 Å². The van der Waals surface area contributed by atoms with Gasteiger partial charge in [0, 0.05) is 19.4 Å². The molecule has 2 heterocycles. The van der Waals surface area contributed by atoms with Crippen LogP contribution in [-0.4, -0.2) is 74.2 Å². The van der Waals surface area contributed by atoms with Gasteiger partial charge in [0.2, 0.25) is 0 Å². The summed E-state index contributed by atoms with van der Waals surface area (Å²) < 4.78 is 15.8. The molecule has 0 aliphatic carbocycles. The van der Waals surface area contributed by atoms with Crippen molar-refractivity contribution in [1.82, 2.24) is 15.5 Å². The van der Waals surface area contributed by atoms with E-state index in [4.69, 9.17) is 14.2 Å².